The molecule has 0 fully saturated rings. The molecule has 3 rings (SSSR count). The van der Waals surface area contributed by atoms with Gasteiger partial charge in [-0.25, -0.2) is 4.79 Å². The average Bonchev–Trinajstić information content (AvgIpc) is 3.17. The van der Waals surface area contributed by atoms with Gasteiger partial charge in [0.05, 0.1) is 16.8 Å². The van der Waals surface area contributed by atoms with Crippen LogP contribution in [-0.2, 0) is 17.9 Å². The molecule has 7 nitrogen and oxygen atoms in total. The predicted octanol–water partition coefficient (Wildman–Crippen LogP) is 5.61. The van der Waals surface area contributed by atoms with Crippen LogP contribution in [0.5, 0.6) is 5.75 Å². The molecule has 9 heteroatoms. The third kappa shape index (κ3) is 5.81. The van der Waals surface area contributed by atoms with Crippen molar-refractivity contribution in [3.63, 3.8) is 0 Å². The number of carbonyl (C=O) groups is 2. The first-order valence-electron chi connectivity index (χ1n) is 10.0. The number of nitrogens with zero attached hydrogens (tertiary/aromatic N) is 2. The summed E-state index contributed by atoms with van der Waals surface area (Å²) >= 11 is 12.2. The van der Waals surface area contributed by atoms with E-state index in [1.807, 2.05) is 13.0 Å². The summed E-state index contributed by atoms with van der Waals surface area (Å²) in [4.78, 5) is 25.2. The quantitative estimate of drug-likeness (QED) is 0.428. The number of hydrogen-bond acceptors (Lipinski definition) is 5. The van der Waals surface area contributed by atoms with Crippen LogP contribution in [0.1, 0.15) is 47.2 Å². The molecule has 0 aliphatic heterocycles. The molecule has 0 bridgehead atoms. The number of aryl methyl sites for hydroxylation is 1. The Bertz CT molecular complexity index is 1130. The summed E-state index contributed by atoms with van der Waals surface area (Å²) < 4.78 is 12.5. The van der Waals surface area contributed by atoms with Crippen LogP contribution in [0.25, 0.3) is 0 Å². The molecule has 0 saturated heterocycles. The summed E-state index contributed by atoms with van der Waals surface area (Å²) in [5.41, 5.74) is 1.51. The van der Waals surface area contributed by atoms with Crippen LogP contribution in [0, 0.1) is 0 Å². The Hall–Kier alpha value is -3.03. The van der Waals surface area contributed by atoms with E-state index in [1.54, 1.807) is 61.1 Å². The summed E-state index contributed by atoms with van der Waals surface area (Å²) in [5, 5.41) is 7.69. The average molecular weight is 476 g/mol. The normalized spacial score (nSPS) is 10.8. The van der Waals surface area contributed by atoms with E-state index in [1.165, 1.54) is 0 Å². The van der Waals surface area contributed by atoms with Crippen LogP contribution in [0.4, 0.5) is 5.69 Å². The number of aromatic nitrogens is 2. The molecule has 1 N–H and O–H groups in total. The molecule has 1 amide bonds. The highest BCUT2D eigenvalue weighted by atomic mass is 35.5. The van der Waals surface area contributed by atoms with Gasteiger partial charge in [-0.05, 0) is 50.6 Å². The molecule has 0 radical (unpaired) electrons. The van der Waals surface area contributed by atoms with Gasteiger partial charge in [-0.2, -0.15) is 5.10 Å². The molecule has 0 unspecified atom stereocenters. The van der Waals surface area contributed by atoms with E-state index in [0.29, 0.717) is 27.9 Å². The van der Waals surface area contributed by atoms with Gasteiger partial charge in [-0.15, -0.1) is 0 Å². The van der Waals surface area contributed by atoms with E-state index in [9.17, 15) is 9.59 Å². The third-order valence-corrected chi connectivity index (χ3v) is 5.17. The Morgan fingerprint density at radius 2 is 1.91 bits per heavy atom. The Morgan fingerprint density at radius 3 is 2.62 bits per heavy atom. The number of rotatable bonds is 8. The summed E-state index contributed by atoms with van der Waals surface area (Å²) in [5.74, 6) is -0.528. The van der Waals surface area contributed by atoms with Crippen molar-refractivity contribution in [1.82, 2.24) is 9.78 Å². The van der Waals surface area contributed by atoms with Crippen molar-refractivity contribution in [3.05, 3.63) is 75.5 Å². The van der Waals surface area contributed by atoms with Crippen LogP contribution < -0.4 is 10.1 Å². The standard InChI is InChI=1S/C23H23Cl2N3O4/c1-4-28-12-18(21(27-28)23(30)32-14(2)3)26-22(29)16-8-5-7-15(11-16)13-31-19-10-6-9-17(24)20(19)25/h5-12,14H,4,13H2,1-3H3,(H,26,29). The number of esters is 1. The Balaban J connectivity index is 1.74. The van der Waals surface area contributed by atoms with Gasteiger partial charge in [0.15, 0.2) is 5.69 Å². The van der Waals surface area contributed by atoms with E-state index in [0.717, 1.165) is 5.56 Å². The number of halogens is 2. The first-order chi connectivity index (χ1) is 15.3. The van der Waals surface area contributed by atoms with Gasteiger partial charge in [0.2, 0.25) is 0 Å². The third-order valence-electron chi connectivity index (χ3n) is 4.37. The van der Waals surface area contributed by atoms with Crippen LogP contribution in [-0.4, -0.2) is 27.8 Å². The van der Waals surface area contributed by atoms with Crippen molar-refractivity contribution in [2.45, 2.75) is 40.0 Å². The smallest absolute Gasteiger partial charge is 0.361 e. The molecule has 32 heavy (non-hydrogen) atoms. The number of hydrogen-bond donors (Lipinski definition) is 1. The zero-order valence-electron chi connectivity index (χ0n) is 17.9. The van der Waals surface area contributed by atoms with Crippen molar-refractivity contribution in [3.8, 4) is 5.75 Å². The second kappa shape index (κ2) is 10.5. The number of anilines is 1. The Labute approximate surface area is 196 Å². The topological polar surface area (TPSA) is 82.5 Å². The lowest BCUT2D eigenvalue weighted by Crippen LogP contribution is -2.17. The fraction of sp³-hybridized carbons (Fsp3) is 0.261. The van der Waals surface area contributed by atoms with Crippen molar-refractivity contribution >= 4 is 40.8 Å². The van der Waals surface area contributed by atoms with E-state index < -0.39 is 5.97 Å². The lowest BCUT2D eigenvalue weighted by molar-refractivity contribution is 0.0371. The van der Waals surface area contributed by atoms with E-state index in [4.69, 9.17) is 32.7 Å². The maximum atomic E-state index is 12.9. The molecule has 0 saturated carbocycles. The Morgan fingerprint density at radius 1 is 1.16 bits per heavy atom. The van der Waals surface area contributed by atoms with Crippen LogP contribution in [0.3, 0.4) is 0 Å². The van der Waals surface area contributed by atoms with Crippen molar-refractivity contribution in [2.75, 3.05) is 5.32 Å². The molecular formula is C23H23Cl2N3O4. The zero-order chi connectivity index (χ0) is 23.3. The SMILES string of the molecule is CCn1cc(NC(=O)c2cccc(COc3cccc(Cl)c3Cl)c2)c(C(=O)OC(C)C)n1. The number of nitrogens with one attached hydrogen (secondary N) is 1. The van der Waals surface area contributed by atoms with E-state index in [2.05, 4.69) is 10.4 Å². The van der Waals surface area contributed by atoms with Gasteiger partial charge in [-0.1, -0.05) is 41.4 Å². The number of ether oxygens (including phenoxy) is 2. The Kier molecular flexibility index (Phi) is 7.77. The highest BCUT2D eigenvalue weighted by Crippen LogP contribution is 2.32. The molecular weight excluding hydrogens is 453 g/mol. The zero-order valence-corrected chi connectivity index (χ0v) is 19.4. The van der Waals surface area contributed by atoms with Crippen LogP contribution in [0.2, 0.25) is 10.0 Å². The van der Waals surface area contributed by atoms with Gasteiger partial charge in [0, 0.05) is 18.3 Å². The first-order valence-corrected chi connectivity index (χ1v) is 10.8. The maximum Gasteiger partial charge on any atom is 0.361 e. The summed E-state index contributed by atoms with van der Waals surface area (Å²) in [6.07, 6.45) is 1.30. The van der Waals surface area contributed by atoms with Gasteiger partial charge < -0.3 is 14.8 Å². The summed E-state index contributed by atoms with van der Waals surface area (Å²) in [6.45, 7) is 6.11. The maximum absolute atomic E-state index is 12.9. The van der Waals surface area contributed by atoms with Gasteiger partial charge in [0.1, 0.15) is 17.4 Å². The van der Waals surface area contributed by atoms with Crippen LogP contribution >= 0.6 is 23.2 Å². The highest BCUT2D eigenvalue weighted by molar-refractivity contribution is 6.42. The minimum absolute atomic E-state index is 0.0592. The number of amides is 1. The van der Waals surface area contributed by atoms with Gasteiger partial charge >= 0.3 is 5.97 Å². The molecule has 1 heterocycles. The minimum Gasteiger partial charge on any atom is -0.487 e. The monoisotopic (exact) mass is 475 g/mol. The molecule has 3 aromatic rings. The molecule has 0 aliphatic carbocycles. The van der Waals surface area contributed by atoms with Crippen molar-refractivity contribution in [1.29, 1.82) is 0 Å². The van der Waals surface area contributed by atoms with Crippen molar-refractivity contribution in [2.24, 2.45) is 0 Å². The summed E-state index contributed by atoms with van der Waals surface area (Å²) in [6, 6.07) is 12.1. The second-order valence-corrected chi connectivity index (χ2v) is 7.98. The minimum atomic E-state index is -0.594. The van der Waals surface area contributed by atoms with Gasteiger partial charge in [-0.3, -0.25) is 9.48 Å². The number of benzene rings is 2. The first kappa shape index (κ1) is 23.6. The molecule has 0 spiro atoms. The van der Waals surface area contributed by atoms with E-state index >= 15 is 0 Å². The fourth-order valence-corrected chi connectivity index (χ4v) is 3.20. The van der Waals surface area contributed by atoms with Gasteiger partial charge in [0.25, 0.3) is 5.91 Å². The largest absolute Gasteiger partial charge is 0.487 e. The summed E-state index contributed by atoms with van der Waals surface area (Å²) in [7, 11) is 0. The lowest BCUT2D eigenvalue weighted by atomic mass is 10.1. The molecule has 168 valence electrons. The highest BCUT2D eigenvalue weighted by Gasteiger charge is 2.21. The molecule has 0 aliphatic rings. The second-order valence-electron chi connectivity index (χ2n) is 7.20. The molecule has 2 aromatic carbocycles. The molecule has 0 atom stereocenters. The van der Waals surface area contributed by atoms with Crippen LogP contribution in [0.15, 0.2) is 48.7 Å². The lowest BCUT2D eigenvalue weighted by Gasteiger charge is -2.10. The fourth-order valence-electron chi connectivity index (χ4n) is 2.85. The van der Waals surface area contributed by atoms with E-state index in [-0.39, 0.29) is 30.0 Å². The molecule has 1 aromatic heterocycles. The predicted molar refractivity (Wildman–Crippen MR) is 124 cm³/mol. The van der Waals surface area contributed by atoms with Crippen molar-refractivity contribution < 1.29 is 19.1 Å². The number of carbonyl (C=O) groups excluding carboxylic acids is 2.